The normalized spacial score (nSPS) is 17.5. The molecular formula is C18H25N3. The van der Waals surface area contributed by atoms with Crippen LogP contribution < -0.4 is 0 Å². The summed E-state index contributed by atoms with van der Waals surface area (Å²) in [5.74, 6) is 0. The predicted molar refractivity (Wildman–Crippen MR) is 87.6 cm³/mol. The van der Waals surface area contributed by atoms with E-state index in [1.165, 1.54) is 40.8 Å². The van der Waals surface area contributed by atoms with E-state index in [0.717, 1.165) is 12.2 Å². The van der Waals surface area contributed by atoms with E-state index in [9.17, 15) is 0 Å². The van der Waals surface area contributed by atoms with Crippen LogP contribution in [0.1, 0.15) is 41.8 Å². The second-order valence-electron chi connectivity index (χ2n) is 6.31. The van der Waals surface area contributed by atoms with Crippen LogP contribution in [0.5, 0.6) is 0 Å². The Morgan fingerprint density at radius 2 is 2.05 bits per heavy atom. The molecule has 0 amide bonds. The quantitative estimate of drug-likeness (QED) is 0.855. The molecule has 1 aliphatic carbocycles. The minimum atomic E-state index is 0.555. The number of aryl methyl sites for hydroxylation is 3. The van der Waals surface area contributed by atoms with Crippen LogP contribution in [0.3, 0.4) is 0 Å². The van der Waals surface area contributed by atoms with Gasteiger partial charge in [-0.25, -0.2) is 0 Å². The molecule has 1 atom stereocenters. The molecule has 0 N–H and O–H groups in total. The molecule has 0 aliphatic heterocycles. The van der Waals surface area contributed by atoms with Crippen LogP contribution in [0, 0.1) is 13.8 Å². The van der Waals surface area contributed by atoms with Gasteiger partial charge in [-0.05, 0) is 70.5 Å². The van der Waals surface area contributed by atoms with Gasteiger partial charge in [0.2, 0.25) is 0 Å². The van der Waals surface area contributed by atoms with Crippen molar-refractivity contribution in [3.05, 3.63) is 40.6 Å². The molecule has 0 saturated carbocycles. The highest BCUT2D eigenvalue weighted by atomic mass is 15.3. The van der Waals surface area contributed by atoms with Gasteiger partial charge in [-0.15, -0.1) is 0 Å². The monoisotopic (exact) mass is 283 g/mol. The molecule has 3 rings (SSSR count). The number of aromatic nitrogens is 2. The highest BCUT2D eigenvalue weighted by molar-refractivity contribution is 5.66. The molecule has 3 heteroatoms. The minimum absolute atomic E-state index is 0.555. The van der Waals surface area contributed by atoms with E-state index in [4.69, 9.17) is 0 Å². The van der Waals surface area contributed by atoms with Gasteiger partial charge >= 0.3 is 0 Å². The van der Waals surface area contributed by atoms with Gasteiger partial charge in [-0.1, -0.05) is 12.1 Å². The van der Waals surface area contributed by atoms with Gasteiger partial charge < -0.3 is 4.90 Å². The number of hydrogen-bond acceptors (Lipinski definition) is 2. The molecule has 3 nitrogen and oxygen atoms in total. The summed E-state index contributed by atoms with van der Waals surface area (Å²) in [4.78, 5) is 2.34. The molecule has 1 unspecified atom stereocenters. The third kappa shape index (κ3) is 2.30. The maximum Gasteiger partial charge on any atom is 0.0714 e. The average Bonchev–Trinajstić information content (AvgIpc) is 3.00. The van der Waals surface area contributed by atoms with Crippen LogP contribution in [0.15, 0.2) is 18.2 Å². The van der Waals surface area contributed by atoms with Gasteiger partial charge in [-0.2, -0.15) is 5.10 Å². The maximum absolute atomic E-state index is 4.66. The number of hydrogen-bond donors (Lipinski definition) is 0. The van der Waals surface area contributed by atoms with E-state index >= 15 is 0 Å². The van der Waals surface area contributed by atoms with Crippen LogP contribution in [0.25, 0.3) is 11.3 Å². The number of benzene rings is 1. The summed E-state index contributed by atoms with van der Waals surface area (Å²) >= 11 is 0. The van der Waals surface area contributed by atoms with E-state index in [2.05, 4.69) is 67.7 Å². The molecule has 1 heterocycles. The van der Waals surface area contributed by atoms with Crippen LogP contribution in [-0.4, -0.2) is 28.8 Å². The Labute approximate surface area is 127 Å². The highest BCUT2D eigenvalue weighted by Gasteiger charge is 2.25. The van der Waals surface area contributed by atoms with Crippen LogP contribution in [0.4, 0.5) is 0 Å². The van der Waals surface area contributed by atoms with Crippen molar-refractivity contribution in [2.45, 2.75) is 46.2 Å². The lowest BCUT2D eigenvalue weighted by atomic mass is 10.00. The van der Waals surface area contributed by atoms with Gasteiger partial charge in [-0.3, -0.25) is 4.68 Å². The number of rotatable bonds is 3. The molecular weight excluding hydrogens is 258 g/mol. The third-order valence-electron chi connectivity index (χ3n) is 4.82. The summed E-state index contributed by atoms with van der Waals surface area (Å²) < 4.78 is 2.13. The summed E-state index contributed by atoms with van der Waals surface area (Å²) in [7, 11) is 4.36. The standard InChI is InChI=1S/C18H25N3/c1-6-21-18(12(2)13(3)19-21)15-8-7-14-9-10-17(20(4)5)16(14)11-15/h7-8,11,17H,6,9-10H2,1-5H3. The van der Waals surface area contributed by atoms with E-state index in [0.29, 0.717) is 6.04 Å². The van der Waals surface area contributed by atoms with Crippen molar-refractivity contribution in [3.8, 4) is 11.3 Å². The fraction of sp³-hybridized carbons (Fsp3) is 0.500. The van der Waals surface area contributed by atoms with Crippen molar-refractivity contribution < 1.29 is 0 Å². The first kappa shape index (κ1) is 14.3. The fourth-order valence-corrected chi connectivity index (χ4v) is 3.53. The topological polar surface area (TPSA) is 21.1 Å². The fourth-order valence-electron chi connectivity index (χ4n) is 3.53. The lowest BCUT2D eigenvalue weighted by Crippen LogP contribution is -2.17. The molecule has 2 aromatic rings. The van der Waals surface area contributed by atoms with E-state index in [1.54, 1.807) is 0 Å². The number of nitrogens with zero attached hydrogens (tertiary/aromatic N) is 3. The lowest BCUT2D eigenvalue weighted by Gasteiger charge is -2.20. The first-order valence-electron chi connectivity index (χ1n) is 7.86. The molecule has 112 valence electrons. The van der Waals surface area contributed by atoms with E-state index < -0.39 is 0 Å². The molecule has 0 saturated heterocycles. The van der Waals surface area contributed by atoms with Gasteiger partial charge in [0, 0.05) is 18.2 Å². The summed E-state index contributed by atoms with van der Waals surface area (Å²) in [5.41, 5.74) is 8.03. The number of fused-ring (bicyclic) bond motifs is 1. The Bertz CT molecular complexity index is 667. The van der Waals surface area contributed by atoms with Crippen molar-refractivity contribution in [1.82, 2.24) is 14.7 Å². The SMILES string of the molecule is CCn1nc(C)c(C)c1-c1ccc2c(c1)C(N(C)C)CC2. The van der Waals surface area contributed by atoms with Gasteiger partial charge in [0.1, 0.15) is 0 Å². The Balaban J connectivity index is 2.12. The Hall–Kier alpha value is -1.61. The molecule has 1 aromatic heterocycles. The van der Waals surface area contributed by atoms with Gasteiger partial charge in [0.05, 0.1) is 11.4 Å². The molecule has 0 fully saturated rings. The van der Waals surface area contributed by atoms with Crippen molar-refractivity contribution >= 4 is 0 Å². The Morgan fingerprint density at radius 3 is 2.71 bits per heavy atom. The van der Waals surface area contributed by atoms with Crippen LogP contribution >= 0.6 is 0 Å². The summed E-state index contributed by atoms with van der Waals surface area (Å²) in [6, 6.07) is 7.53. The van der Waals surface area contributed by atoms with E-state index in [-0.39, 0.29) is 0 Å². The van der Waals surface area contributed by atoms with Crippen molar-refractivity contribution in [3.63, 3.8) is 0 Å². The summed E-state index contributed by atoms with van der Waals surface area (Å²) in [5, 5.41) is 4.66. The molecule has 0 spiro atoms. The molecule has 0 bridgehead atoms. The van der Waals surface area contributed by atoms with Gasteiger partial charge in [0.25, 0.3) is 0 Å². The minimum Gasteiger partial charge on any atom is -0.302 e. The van der Waals surface area contributed by atoms with Crippen molar-refractivity contribution in [1.29, 1.82) is 0 Å². The van der Waals surface area contributed by atoms with Crippen LogP contribution in [0.2, 0.25) is 0 Å². The maximum atomic E-state index is 4.66. The predicted octanol–water partition coefficient (Wildman–Crippen LogP) is 3.74. The zero-order valence-corrected chi connectivity index (χ0v) is 13.8. The molecule has 1 aliphatic rings. The molecule has 1 aromatic carbocycles. The third-order valence-corrected chi connectivity index (χ3v) is 4.82. The second-order valence-corrected chi connectivity index (χ2v) is 6.31. The first-order chi connectivity index (χ1) is 10.0. The Kier molecular flexibility index (Phi) is 3.62. The average molecular weight is 283 g/mol. The van der Waals surface area contributed by atoms with Crippen molar-refractivity contribution in [2.75, 3.05) is 14.1 Å². The van der Waals surface area contributed by atoms with Gasteiger partial charge in [0.15, 0.2) is 0 Å². The largest absolute Gasteiger partial charge is 0.302 e. The Morgan fingerprint density at radius 1 is 1.29 bits per heavy atom. The zero-order valence-electron chi connectivity index (χ0n) is 13.8. The molecule has 21 heavy (non-hydrogen) atoms. The summed E-state index contributed by atoms with van der Waals surface area (Å²) in [6.07, 6.45) is 2.43. The first-order valence-corrected chi connectivity index (χ1v) is 7.86. The van der Waals surface area contributed by atoms with E-state index in [1.807, 2.05) is 0 Å². The smallest absolute Gasteiger partial charge is 0.0714 e. The summed E-state index contributed by atoms with van der Waals surface area (Å²) in [6.45, 7) is 7.35. The highest BCUT2D eigenvalue weighted by Crippen LogP contribution is 2.37. The van der Waals surface area contributed by atoms with Crippen LogP contribution in [-0.2, 0) is 13.0 Å². The second kappa shape index (κ2) is 5.30. The molecule has 0 radical (unpaired) electrons. The zero-order chi connectivity index (χ0) is 15.1. The van der Waals surface area contributed by atoms with Crippen molar-refractivity contribution in [2.24, 2.45) is 0 Å². The lowest BCUT2D eigenvalue weighted by molar-refractivity contribution is 0.299.